The molecule has 0 atom stereocenters. The summed E-state index contributed by atoms with van der Waals surface area (Å²) in [6.45, 7) is 8.42. The van der Waals surface area contributed by atoms with E-state index < -0.39 is 0 Å². The summed E-state index contributed by atoms with van der Waals surface area (Å²) in [6, 6.07) is 11.7. The van der Waals surface area contributed by atoms with Gasteiger partial charge in [-0.25, -0.2) is 0 Å². The number of rotatable bonds is 10. The number of hydrogen-bond donors (Lipinski definition) is 0. The maximum absolute atomic E-state index is 13.3. The van der Waals surface area contributed by atoms with Crippen molar-refractivity contribution in [3.8, 4) is 11.5 Å². The molecule has 0 aliphatic carbocycles. The van der Waals surface area contributed by atoms with E-state index in [1.165, 1.54) is 51.9 Å². The molecule has 2 aromatic carbocycles. The number of benzene rings is 2. The molecule has 34 heavy (non-hydrogen) atoms. The van der Waals surface area contributed by atoms with E-state index in [9.17, 15) is 4.79 Å². The molecule has 3 aromatic rings. The van der Waals surface area contributed by atoms with Gasteiger partial charge in [-0.1, -0.05) is 0 Å². The molecule has 0 unspecified atom stereocenters. The number of likely N-dealkylation sites (tertiary alicyclic amines) is 2. The van der Waals surface area contributed by atoms with Gasteiger partial charge in [0.1, 0.15) is 11.5 Å². The quantitative estimate of drug-likeness (QED) is 0.329. The molecule has 0 saturated carbocycles. The molecule has 2 aliphatic rings. The molecule has 6 heteroatoms. The van der Waals surface area contributed by atoms with Gasteiger partial charge < -0.3 is 23.8 Å². The lowest BCUT2D eigenvalue weighted by Gasteiger charge is -2.16. The largest absolute Gasteiger partial charge is 0.494 e. The van der Waals surface area contributed by atoms with Crippen LogP contribution in [0.2, 0.25) is 0 Å². The number of aromatic nitrogens is 1. The molecule has 182 valence electrons. The molecule has 6 nitrogen and oxygen atoms in total. The first-order valence-electron chi connectivity index (χ1n) is 13.0. The predicted molar refractivity (Wildman–Crippen MR) is 138 cm³/mol. The zero-order valence-electron chi connectivity index (χ0n) is 20.4. The standard InChI is InChI=1S/C28H37N3O3/c1-29-26-11-9-22(33-18-6-16-30-12-2-3-13-30)20-25(26)28(32)24-10-8-23(21-27(24)29)34-19-7-17-31-14-4-5-15-31/h8-11,20-21H,2-7,12-19H2,1H3. The summed E-state index contributed by atoms with van der Waals surface area (Å²) in [5, 5.41) is 1.41. The number of ether oxygens (including phenoxy) is 2. The van der Waals surface area contributed by atoms with Gasteiger partial charge in [0.15, 0.2) is 5.43 Å². The maximum Gasteiger partial charge on any atom is 0.197 e. The zero-order valence-corrected chi connectivity index (χ0v) is 20.4. The normalized spacial score (nSPS) is 17.2. The average molecular weight is 464 g/mol. The van der Waals surface area contributed by atoms with Gasteiger partial charge >= 0.3 is 0 Å². The van der Waals surface area contributed by atoms with Crippen molar-refractivity contribution in [2.24, 2.45) is 7.05 Å². The van der Waals surface area contributed by atoms with Gasteiger partial charge in [0.2, 0.25) is 0 Å². The van der Waals surface area contributed by atoms with Crippen molar-refractivity contribution >= 4 is 21.8 Å². The van der Waals surface area contributed by atoms with Crippen molar-refractivity contribution in [3.05, 3.63) is 46.6 Å². The average Bonchev–Trinajstić information content (AvgIpc) is 3.57. The lowest BCUT2D eigenvalue weighted by molar-refractivity contribution is 0.263. The van der Waals surface area contributed by atoms with Crippen molar-refractivity contribution in [3.63, 3.8) is 0 Å². The van der Waals surface area contributed by atoms with E-state index in [2.05, 4.69) is 14.4 Å². The van der Waals surface area contributed by atoms with Crippen molar-refractivity contribution in [1.82, 2.24) is 14.4 Å². The Morgan fingerprint density at radius 2 is 1.26 bits per heavy atom. The first kappa shape index (κ1) is 23.2. The fourth-order valence-corrected chi connectivity index (χ4v) is 5.39. The van der Waals surface area contributed by atoms with Gasteiger partial charge in [0.05, 0.1) is 24.2 Å². The highest BCUT2D eigenvalue weighted by molar-refractivity contribution is 5.94. The van der Waals surface area contributed by atoms with Crippen molar-refractivity contribution in [2.75, 3.05) is 52.5 Å². The Bertz CT molecular complexity index is 1180. The van der Waals surface area contributed by atoms with Crippen molar-refractivity contribution in [2.45, 2.75) is 38.5 Å². The van der Waals surface area contributed by atoms with E-state index >= 15 is 0 Å². The number of hydrogen-bond acceptors (Lipinski definition) is 5. The summed E-state index contributed by atoms with van der Waals surface area (Å²) >= 11 is 0. The number of pyridine rings is 1. The van der Waals surface area contributed by atoms with Gasteiger partial charge in [-0.3, -0.25) is 4.79 Å². The molecule has 0 spiro atoms. The SMILES string of the molecule is Cn1c2ccc(OCCCN3CCCC3)cc2c(=O)c2ccc(OCCCN3CCCC3)cc21. The van der Waals surface area contributed by atoms with Crippen LogP contribution in [-0.2, 0) is 7.05 Å². The lowest BCUT2D eigenvalue weighted by Crippen LogP contribution is -2.22. The highest BCUT2D eigenvalue weighted by Gasteiger charge is 2.13. The van der Waals surface area contributed by atoms with Crippen molar-refractivity contribution in [1.29, 1.82) is 0 Å². The van der Waals surface area contributed by atoms with Crippen LogP contribution in [0.4, 0.5) is 0 Å². The fourth-order valence-electron chi connectivity index (χ4n) is 5.39. The second kappa shape index (κ2) is 10.8. The Hall–Kier alpha value is -2.57. The van der Waals surface area contributed by atoms with Gasteiger partial charge in [0, 0.05) is 37.0 Å². The van der Waals surface area contributed by atoms with Crippen LogP contribution in [-0.4, -0.2) is 66.8 Å². The Kier molecular flexibility index (Phi) is 7.36. The van der Waals surface area contributed by atoms with Gasteiger partial charge in [0.25, 0.3) is 0 Å². The zero-order chi connectivity index (χ0) is 23.3. The monoisotopic (exact) mass is 463 g/mol. The third kappa shape index (κ3) is 5.23. The summed E-state index contributed by atoms with van der Waals surface area (Å²) in [4.78, 5) is 18.3. The molecule has 0 radical (unpaired) electrons. The number of fused-ring (bicyclic) bond motifs is 2. The third-order valence-electron chi connectivity index (χ3n) is 7.32. The van der Waals surface area contributed by atoms with E-state index in [4.69, 9.17) is 9.47 Å². The fraction of sp³-hybridized carbons (Fsp3) is 0.536. The number of aryl methyl sites for hydroxylation is 1. The van der Waals surface area contributed by atoms with E-state index in [1.807, 2.05) is 43.4 Å². The van der Waals surface area contributed by atoms with E-state index in [1.54, 1.807) is 0 Å². The summed E-state index contributed by atoms with van der Waals surface area (Å²) in [6.07, 6.45) is 7.30. The van der Waals surface area contributed by atoms with E-state index in [-0.39, 0.29) is 5.43 Å². The Morgan fingerprint density at radius 3 is 1.88 bits per heavy atom. The molecule has 3 heterocycles. The van der Waals surface area contributed by atoms with Crippen LogP contribution in [0.1, 0.15) is 38.5 Å². The van der Waals surface area contributed by atoms with Crippen LogP contribution in [0.3, 0.4) is 0 Å². The van der Waals surface area contributed by atoms with Crippen LogP contribution in [0.15, 0.2) is 41.2 Å². The molecule has 1 aromatic heterocycles. The molecule has 0 bridgehead atoms. The summed E-state index contributed by atoms with van der Waals surface area (Å²) in [7, 11) is 2.01. The topological polar surface area (TPSA) is 46.9 Å². The van der Waals surface area contributed by atoms with Crippen LogP contribution in [0, 0.1) is 0 Å². The predicted octanol–water partition coefficient (Wildman–Crippen LogP) is 4.42. The van der Waals surface area contributed by atoms with Crippen LogP contribution >= 0.6 is 0 Å². The highest BCUT2D eigenvalue weighted by Crippen LogP contribution is 2.25. The Balaban J connectivity index is 1.26. The summed E-state index contributed by atoms with van der Waals surface area (Å²) < 4.78 is 14.1. The minimum absolute atomic E-state index is 0.0474. The minimum Gasteiger partial charge on any atom is -0.494 e. The highest BCUT2D eigenvalue weighted by atomic mass is 16.5. The molecule has 0 amide bonds. The Morgan fingerprint density at radius 1 is 0.706 bits per heavy atom. The molecule has 5 rings (SSSR count). The molecule has 2 fully saturated rings. The Labute approximate surface area is 202 Å². The third-order valence-corrected chi connectivity index (χ3v) is 7.32. The van der Waals surface area contributed by atoms with Gasteiger partial charge in [-0.05, 0) is 95.0 Å². The van der Waals surface area contributed by atoms with Gasteiger partial charge in [-0.2, -0.15) is 0 Å². The minimum atomic E-state index is 0.0474. The first-order valence-corrected chi connectivity index (χ1v) is 13.0. The van der Waals surface area contributed by atoms with E-state index in [0.717, 1.165) is 48.5 Å². The van der Waals surface area contributed by atoms with Crippen LogP contribution in [0.5, 0.6) is 11.5 Å². The molecule has 2 aliphatic heterocycles. The molecule has 0 N–H and O–H groups in total. The smallest absolute Gasteiger partial charge is 0.197 e. The summed E-state index contributed by atoms with van der Waals surface area (Å²) in [5.41, 5.74) is 1.85. The van der Waals surface area contributed by atoms with Gasteiger partial charge in [-0.15, -0.1) is 0 Å². The second-order valence-corrected chi connectivity index (χ2v) is 9.75. The van der Waals surface area contributed by atoms with E-state index in [0.29, 0.717) is 24.0 Å². The summed E-state index contributed by atoms with van der Waals surface area (Å²) in [5.74, 6) is 1.59. The second-order valence-electron chi connectivity index (χ2n) is 9.75. The van der Waals surface area contributed by atoms with Crippen LogP contribution < -0.4 is 14.9 Å². The maximum atomic E-state index is 13.3. The van der Waals surface area contributed by atoms with Crippen molar-refractivity contribution < 1.29 is 9.47 Å². The van der Waals surface area contributed by atoms with Crippen LogP contribution in [0.25, 0.3) is 21.8 Å². The molecule has 2 saturated heterocycles. The molecular weight excluding hydrogens is 426 g/mol. The number of nitrogens with zero attached hydrogens (tertiary/aromatic N) is 3. The molecular formula is C28H37N3O3. The lowest BCUT2D eigenvalue weighted by atomic mass is 10.1. The first-order chi connectivity index (χ1) is 16.7.